The van der Waals surface area contributed by atoms with E-state index in [2.05, 4.69) is 0 Å². The van der Waals surface area contributed by atoms with Crippen LogP contribution in [0.25, 0.3) is 0 Å². The summed E-state index contributed by atoms with van der Waals surface area (Å²) in [6.07, 6.45) is -0.102. The lowest BCUT2D eigenvalue weighted by atomic mass is 10.6. The molecule has 40 valence electrons. The fourth-order valence-electron chi connectivity index (χ4n) is 0.794. The van der Waals surface area contributed by atoms with Gasteiger partial charge in [0.05, 0.1) is 0 Å². The Kier molecular flexibility index (Phi) is 0.647. The molecule has 2 atom stereocenters. The second-order valence-electron chi connectivity index (χ2n) is 1.66. The first-order valence-corrected chi connectivity index (χ1v) is 2.34. The van der Waals surface area contributed by atoms with Crippen molar-refractivity contribution >= 4 is 0 Å². The SMILES string of the molecule is C1OC2COC1O2. The summed E-state index contributed by atoms with van der Waals surface area (Å²) < 4.78 is 15.0. The molecule has 2 aliphatic heterocycles. The third kappa shape index (κ3) is 0.459. The number of ether oxygens (including phenoxy) is 3. The first kappa shape index (κ1) is 3.83. The maximum atomic E-state index is 5.03. The summed E-state index contributed by atoms with van der Waals surface area (Å²) in [5, 5.41) is 0. The van der Waals surface area contributed by atoms with Gasteiger partial charge in [0.15, 0.2) is 12.6 Å². The van der Waals surface area contributed by atoms with Crippen LogP contribution in [0.15, 0.2) is 0 Å². The van der Waals surface area contributed by atoms with Crippen LogP contribution in [-0.4, -0.2) is 25.8 Å². The van der Waals surface area contributed by atoms with E-state index < -0.39 is 0 Å². The first-order valence-electron chi connectivity index (χ1n) is 2.34. The predicted molar refractivity (Wildman–Crippen MR) is 20.6 cm³/mol. The largest absolute Gasteiger partial charge is 0.345 e. The zero-order chi connectivity index (χ0) is 4.69. The Morgan fingerprint density at radius 3 is 1.71 bits per heavy atom. The molecule has 0 aliphatic carbocycles. The average molecular weight is 102 g/mol. The molecule has 0 radical (unpaired) electrons. The second kappa shape index (κ2) is 1.18. The lowest BCUT2D eigenvalue weighted by Crippen LogP contribution is -2.16. The smallest absolute Gasteiger partial charge is 0.184 e. The van der Waals surface area contributed by atoms with E-state index in [1.807, 2.05) is 0 Å². The van der Waals surface area contributed by atoms with Crippen molar-refractivity contribution in [1.82, 2.24) is 0 Å². The summed E-state index contributed by atoms with van der Waals surface area (Å²) in [4.78, 5) is 0. The van der Waals surface area contributed by atoms with Crippen molar-refractivity contribution in [3.63, 3.8) is 0 Å². The van der Waals surface area contributed by atoms with Gasteiger partial charge in [-0.2, -0.15) is 0 Å². The minimum atomic E-state index is -0.0509. The molecule has 3 nitrogen and oxygen atoms in total. The van der Waals surface area contributed by atoms with Gasteiger partial charge in [0, 0.05) is 0 Å². The maximum Gasteiger partial charge on any atom is 0.184 e. The Morgan fingerprint density at radius 2 is 1.57 bits per heavy atom. The molecule has 2 bridgehead atoms. The minimum Gasteiger partial charge on any atom is -0.345 e. The van der Waals surface area contributed by atoms with Crippen molar-refractivity contribution in [3.05, 3.63) is 0 Å². The van der Waals surface area contributed by atoms with Gasteiger partial charge < -0.3 is 14.2 Å². The molecule has 2 heterocycles. The molecule has 0 aromatic rings. The summed E-state index contributed by atoms with van der Waals surface area (Å²) in [6, 6.07) is 0. The highest BCUT2D eigenvalue weighted by Crippen LogP contribution is 2.19. The lowest BCUT2D eigenvalue weighted by Gasteiger charge is -2.04. The molecule has 3 heteroatoms. The van der Waals surface area contributed by atoms with Crippen molar-refractivity contribution < 1.29 is 14.2 Å². The van der Waals surface area contributed by atoms with Crippen LogP contribution in [0.1, 0.15) is 0 Å². The molecule has 2 fully saturated rings. The van der Waals surface area contributed by atoms with Gasteiger partial charge in [-0.25, -0.2) is 0 Å². The Bertz CT molecular complexity index is 65.0. The summed E-state index contributed by atoms with van der Waals surface area (Å²) in [6.45, 7) is 1.23. The van der Waals surface area contributed by atoms with Crippen LogP contribution in [0.5, 0.6) is 0 Å². The van der Waals surface area contributed by atoms with E-state index in [0.29, 0.717) is 13.2 Å². The van der Waals surface area contributed by atoms with Crippen molar-refractivity contribution in [2.75, 3.05) is 13.2 Å². The Labute approximate surface area is 41.2 Å². The van der Waals surface area contributed by atoms with E-state index in [9.17, 15) is 0 Å². The molecule has 2 aliphatic rings. The first-order chi connectivity index (χ1) is 3.45. The molecule has 0 aromatic carbocycles. The van der Waals surface area contributed by atoms with E-state index in [0.717, 1.165) is 0 Å². The molecule has 0 N–H and O–H groups in total. The van der Waals surface area contributed by atoms with E-state index in [1.54, 1.807) is 0 Å². The third-order valence-electron chi connectivity index (χ3n) is 1.14. The normalized spacial score (nSPS) is 48.0. The van der Waals surface area contributed by atoms with Gasteiger partial charge in [0.2, 0.25) is 0 Å². The summed E-state index contributed by atoms with van der Waals surface area (Å²) >= 11 is 0. The van der Waals surface area contributed by atoms with Gasteiger partial charge in [0.1, 0.15) is 13.2 Å². The number of rotatable bonds is 0. The zero-order valence-electron chi connectivity index (χ0n) is 3.79. The number of fused-ring (bicyclic) bond motifs is 2. The molecule has 2 rings (SSSR count). The fourth-order valence-corrected chi connectivity index (χ4v) is 0.794. The van der Waals surface area contributed by atoms with Crippen molar-refractivity contribution in [1.29, 1.82) is 0 Å². The van der Waals surface area contributed by atoms with Crippen LogP contribution in [0.2, 0.25) is 0 Å². The maximum absolute atomic E-state index is 5.03. The molecule has 2 unspecified atom stereocenters. The summed E-state index contributed by atoms with van der Waals surface area (Å²) in [5.41, 5.74) is 0. The van der Waals surface area contributed by atoms with Crippen LogP contribution in [-0.2, 0) is 14.2 Å². The lowest BCUT2D eigenvalue weighted by molar-refractivity contribution is -0.0376. The number of hydrogen-bond acceptors (Lipinski definition) is 3. The molecule has 0 aromatic heterocycles. The molecule has 0 spiro atoms. The topological polar surface area (TPSA) is 27.7 Å². The predicted octanol–water partition coefficient (Wildman–Crippen LogP) is -0.284. The highest BCUT2D eigenvalue weighted by molar-refractivity contribution is 4.62. The monoisotopic (exact) mass is 102 g/mol. The van der Waals surface area contributed by atoms with Crippen molar-refractivity contribution in [3.8, 4) is 0 Å². The molecular weight excluding hydrogens is 96.0 g/mol. The van der Waals surface area contributed by atoms with E-state index in [-0.39, 0.29) is 12.6 Å². The molecule has 0 amide bonds. The molecular formula is C4H6O3. The van der Waals surface area contributed by atoms with Crippen LogP contribution >= 0.6 is 0 Å². The fraction of sp³-hybridized carbons (Fsp3) is 1.00. The van der Waals surface area contributed by atoms with E-state index in [1.165, 1.54) is 0 Å². The quantitative estimate of drug-likeness (QED) is 0.421. The second-order valence-corrected chi connectivity index (χ2v) is 1.66. The van der Waals surface area contributed by atoms with Gasteiger partial charge in [-0.1, -0.05) is 0 Å². The standard InChI is InChI=1S/C4H6O3/c1-3-6-2-4(5-1)7-3/h3-4H,1-2H2. The van der Waals surface area contributed by atoms with Crippen molar-refractivity contribution in [2.24, 2.45) is 0 Å². The summed E-state index contributed by atoms with van der Waals surface area (Å²) in [5.74, 6) is 0. The Balaban J connectivity index is 2.12. The van der Waals surface area contributed by atoms with Gasteiger partial charge in [-0.15, -0.1) is 0 Å². The van der Waals surface area contributed by atoms with Gasteiger partial charge >= 0.3 is 0 Å². The Morgan fingerprint density at radius 1 is 1.00 bits per heavy atom. The highest BCUT2D eigenvalue weighted by atomic mass is 16.9. The number of hydrogen-bond donors (Lipinski definition) is 0. The Hall–Kier alpha value is -0.120. The highest BCUT2D eigenvalue weighted by Gasteiger charge is 2.33. The van der Waals surface area contributed by atoms with Gasteiger partial charge in [0.25, 0.3) is 0 Å². The van der Waals surface area contributed by atoms with Crippen LogP contribution in [0, 0.1) is 0 Å². The summed E-state index contributed by atoms with van der Waals surface area (Å²) in [7, 11) is 0. The molecule has 2 saturated heterocycles. The van der Waals surface area contributed by atoms with E-state index in [4.69, 9.17) is 14.2 Å². The minimum absolute atomic E-state index is 0.0509. The van der Waals surface area contributed by atoms with Gasteiger partial charge in [-0.3, -0.25) is 0 Å². The van der Waals surface area contributed by atoms with Crippen LogP contribution in [0.3, 0.4) is 0 Å². The molecule has 0 saturated carbocycles. The van der Waals surface area contributed by atoms with Crippen molar-refractivity contribution in [2.45, 2.75) is 12.6 Å². The molecule has 7 heavy (non-hydrogen) atoms. The third-order valence-corrected chi connectivity index (χ3v) is 1.14. The van der Waals surface area contributed by atoms with Crippen LogP contribution in [0.4, 0.5) is 0 Å². The van der Waals surface area contributed by atoms with Crippen LogP contribution < -0.4 is 0 Å². The zero-order valence-corrected chi connectivity index (χ0v) is 3.79. The van der Waals surface area contributed by atoms with E-state index >= 15 is 0 Å². The van der Waals surface area contributed by atoms with Gasteiger partial charge in [-0.05, 0) is 0 Å². The average Bonchev–Trinajstić information content (AvgIpc) is 2.22.